The first-order valence-electron chi connectivity index (χ1n) is 3.77. The van der Waals surface area contributed by atoms with Crippen LogP contribution in [0.4, 0.5) is 0 Å². The Labute approximate surface area is 109 Å². The molecular formula is C8H4O7SZn. The maximum Gasteiger partial charge on any atom is 2.00 e. The number of benzene rings is 1. The van der Waals surface area contributed by atoms with Gasteiger partial charge in [0.25, 0.3) is 10.1 Å². The van der Waals surface area contributed by atoms with Gasteiger partial charge in [0.2, 0.25) is 0 Å². The zero-order valence-corrected chi connectivity index (χ0v) is 12.0. The molecule has 1 N–H and O–H groups in total. The van der Waals surface area contributed by atoms with E-state index in [0.717, 1.165) is 0 Å². The van der Waals surface area contributed by atoms with Gasteiger partial charge in [-0.15, -0.1) is 0 Å². The maximum absolute atomic E-state index is 10.7. The molecule has 0 atom stereocenters. The third-order valence-corrected chi connectivity index (χ3v) is 2.51. The van der Waals surface area contributed by atoms with Crippen LogP contribution in [-0.4, -0.2) is 24.9 Å². The van der Waals surface area contributed by atoms with Gasteiger partial charge in [-0.05, 0) is 29.3 Å². The Hall–Kier alpha value is -1.31. The zero-order valence-electron chi connectivity index (χ0n) is 8.24. The molecule has 0 saturated carbocycles. The molecule has 7 nitrogen and oxygen atoms in total. The zero-order chi connectivity index (χ0) is 12.5. The van der Waals surface area contributed by atoms with Gasteiger partial charge >= 0.3 is 19.5 Å². The van der Waals surface area contributed by atoms with E-state index in [1.807, 2.05) is 0 Å². The van der Waals surface area contributed by atoms with Crippen LogP contribution in [0.15, 0.2) is 23.1 Å². The van der Waals surface area contributed by atoms with Crippen LogP contribution in [0.2, 0.25) is 0 Å². The van der Waals surface area contributed by atoms with E-state index >= 15 is 0 Å². The molecule has 0 spiro atoms. The van der Waals surface area contributed by atoms with Crippen molar-refractivity contribution in [1.82, 2.24) is 0 Å². The molecule has 0 aliphatic heterocycles. The maximum atomic E-state index is 10.7. The Balaban J connectivity index is 0.00000256. The molecule has 86 valence electrons. The van der Waals surface area contributed by atoms with Crippen LogP contribution in [0.1, 0.15) is 20.7 Å². The quantitative estimate of drug-likeness (QED) is 0.488. The summed E-state index contributed by atoms with van der Waals surface area (Å²) in [6.45, 7) is 0. The number of carboxylic acids is 2. The van der Waals surface area contributed by atoms with Crippen molar-refractivity contribution in [3.8, 4) is 0 Å². The molecule has 0 aliphatic carbocycles. The normalized spacial score (nSPS) is 10.4. The van der Waals surface area contributed by atoms with E-state index in [-0.39, 0.29) is 19.5 Å². The minimum Gasteiger partial charge on any atom is -0.545 e. The second-order valence-electron chi connectivity index (χ2n) is 2.80. The number of aromatic carboxylic acids is 2. The van der Waals surface area contributed by atoms with Crippen molar-refractivity contribution >= 4 is 22.1 Å². The second-order valence-corrected chi connectivity index (χ2v) is 4.22. The number of carboxylic acid groups (broad SMARTS) is 2. The molecule has 0 heterocycles. The van der Waals surface area contributed by atoms with Gasteiger partial charge in [0, 0.05) is 0 Å². The van der Waals surface area contributed by atoms with Crippen LogP contribution >= 0.6 is 0 Å². The van der Waals surface area contributed by atoms with E-state index in [0.29, 0.717) is 18.2 Å². The molecule has 0 radical (unpaired) electrons. The first kappa shape index (κ1) is 15.7. The molecule has 17 heavy (non-hydrogen) atoms. The molecular weight excluding hydrogens is 306 g/mol. The molecule has 0 unspecified atom stereocenters. The third-order valence-electron chi connectivity index (χ3n) is 1.68. The first-order valence-corrected chi connectivity index (χ1v) is 5.21. The molecule has 0 amide bonds. The van der Waals surface area contributed by atoms with E-state index in [2.05, 4.69) is 0 Å². The molecule has 0 aliphatic rings. The minimum absolute atomic E-state index is 0. The Kier molecular flexibility index (Phi) is 4.94. The predicted molar refractivity (Wildman–Crippen MR) is 44.9 cm³/mol. The van der Waals surface area contributed by atoms with Crippen molar-refractivity contribution in [1.29, 1.82) is 0 Å². The summed E-state index contributed by atoms with van der Waals surface area (Å²) in [6.07, 6.45) is 0. The van der Waals surface area contributed by atoms with Crippen molar-refractivity contribution in [2.75, 3.05) is 0 Å². The summed E-state index contributed by atoms with van der Waals surface area (Å²) in [7, 11) is -4.70. The Morgan fingerprint density at radius 1 is 1.00 bits per heavy atom. The molecule has 1 rings (SSSR count). The van der Waals surface area contributed by atoms with E-state index < -0.39 is 38.1 Å². The van der Waals surface area contributed by atoms with Crippen molar-refractivity contribution < 1.29 is 52.3 Å². The first-order chi connectivity index (χ1) is 7.21. The SMILES string of the molecule is O=C([O-])c1cc(C(=O)[O-])cc(S(=O)(=O)O)c1.[Zn+2]. The molecule has 0 fully saturated rings. The summed E-state index contributed by atoms with van der Waals surface area (Å²) in [4.78, 5) is 20.1. The Bertz CT molecular complexity index is 531. The number of carbonyl (C=O) groups excluding carboxylic acids is 2. The summed E-state index contributed by atoms with van der Waals surface area (Å²) in [6, 6.07) is 1.83. The number of rotatable bonds is 3. The number of carbonyl (C=O) groups is 2. The molecule has 1 aromatic carbocycles. The smallest absolute Gasteiger partial charge is 0.545 e. The molecule has 9 heteroatoms. The summed E-state index contributed by atoms with van der Waals surface area (Å²) >= 11 is 0. The average molecular weight is 310 g/mol. The van der Waals surface area contributed by atoms with E-state index in [4.69, 9.17) is 4.55 Å². The molecule has 0 saturated heterocycles. The van der Waals surface area contributed by atoms with Crippen LogP contribution in [0.3, 0.4) is 0 Å². The van der Waals surface area contributed by atoms with Gasteiger partial charge in [-0.3, -0.25) is 4.55 Å². The van der Waals surface area contributed by atoms with Crippen LogP contribution in [0.25, 0.3) is 0 Å². The Morgan fingerprint density at radius 3 is 1.59 bits per heavy atom. The molecule has 0 bridgehead atoms. The largest absolute Gasteiger partial charge is 2.00 e. The second kappa shape index (κ2) is 5.35. The summed E-state index contributed by atoms with van der Waals surface area (Å²) in [5, 5.41) is 20.9. The van der Waals surface area contributed by atoms with Crippen LogP contribution in [0.5, 0.6) is 0 Å². The summed E-state index contributed by atoms with van der Waals surface area (Å²) in [5.74, 6) is -3.54. The topological polar surface area (TPSA) is 135 Å². The fraction of sp³-hybridized carbons (Fsp3) is 0. The van der Waals surface area contributed by atoms with Crippen molar-refractivity contribution in [3.05, 3.63) is 29.3 Å². The van der Waals surface area contributed by atoms with Gasteiger partial charge in [-0.1, -0.05) is 0 Å². The fourth-order valence-electron chi connectivity index (χ4n) is 0.984. The van der Waals surface area contributed by atoms with Crippen LogP contribution in [0, 0.1) is 0 Å². The fourth-order valence-corrected chi connectivity index (χ4v) is 1.54. The van der Waals surface area contributed by atoms with Crippen LogP contribution in [-0.2, 0) is 29.6 Å². The van der Waals surface area contributed by atoms with E-state index in [9.17, 15) is 28.2 Å². The van der Waals surface area contributed by atoms with Gasteiger partial charge < -0.3 is 19.8 Å². The summed E-state index contributed by atoms with van der Waals surface area (Å²) in [5.41, 5.74) is -1.37. The van der Waals surface area contributed by atoms with Gasteiger partial charge in [0.1, 0.15) is 0 Å². The average Bonchev–Trinajstić information content (AvgIpc) is 2.15. The number of hydrogen-bond acceptors (Lipinski definition) is 6. The van der Waals surface area contributed by atoms with Crippen LogP contribution < -0.4 is 10.2 Å². The third kappa shape index (κ3) is 3.88. The van der Waals surface area contributed by atoms with Gasteiger partial charge in [-0.2, -0.15) is 8.42 Å². The van der Waals surface area contributed by atoms with Crippen molar-refractivity contribution in [2.24, 2.45) is 0 Å². The van der Waals surface area contributed by atoms with E-state index in [1.165, 1.54) is 0 Å². The van der Waals surface area contributed by atoms with Gasteiger partial charge in [-0.25, -0.2) is 0 Å². The van der Waals surface area contributed by atoms with Gasteiger partial charge in [0.05, 0.1) is 16.8 Å². The molecule has 1 aromatic rings. The molecule has 0 aromatic heterocycles. The Morgan fingerprint density at radius 2 is 1.35 bits per heavy atom. The van der Waals surface area contributed by atoms with E-state index in [1.54, 1.807) is 0 Å². The van der Waals surface area contributed by atoms with Crippen molar-refractivity contribution in [2.45, 2.75) is 4.90 Å². The van der Waals surface area contributed by atoms with Crippen molar-refractivity contribution in [3.63, 3.8) is 0 Å². The monoisotopic (exact) mass is 308 g/mol. The predicted octanol–water partition coefficient (Wildman–Crippen LogP) is -2.34. The summed E-state index contributed by atoms with van der Waals surface area (Å²) < 4.78 is 30.1. The minimum atomic E-state index is -4.70. The van der Waals surface area contributed by atoms with Gasteiger partial charge in [0.15, 0.2) is 0 Å². The standard InChI is InChI=1S/C8H6O7S.Zn/c9-7(10)4-1-5(8(11)12)3-6(2-4)16(13,14)15;/h1-3H,(H,9,10)(H,11,12)(H,13,14,15);/q;+2/p-2. The number of hydrogen-bond donors (Lipinski definition) is 1.